The van der Waals surface area contributed by atoms with Crippen LogP contribution in [0.2, 0.25) is 0 Å². The van der Waals surface area contributed by atoms with Crippen molar-refractivity contribution in [3.63, 3.8) is 0 Å². The van der Waals surface area contributed by atoms with Crippen LogP contribution in [0.4, 0.5) is 0 Å². The molecule has 6 heteroatoms. The van der Waals surface area contributed by atoms with E-state index < -0.39 is 9.05 Å². The van der Waals surface area contributed by atoms with E-state index in [2.05, 4.69) is 0 Å². The number of rotatable bonds is 7. The Hall–Kier alpha value is -0.940. The third kappa shape index (κ3) is 5.79. The van der Waals surface area contributed by atoms with Crippen LogP contribution in [0.15, 0.2) is 24.3 Å². The van der Waals surface area contributed by atoms with Gasteiger partial charge >= 0.3 is 0 Å². The minimum Gasteiger partial charge on any atom is -0.493 e. The fraction of sp³-hybridized carbons (Fsp3) is 0.455. The average Bonchev–Trinajstić information content (AvgIpc) is 2.27. The first kappa shape index (κ1) is 14.1. The number of hydrogen-bond donors (Lipinski definition) is 0. The molecule has 0 heterocycles. The number of methoxy groups -OCH3 is 1. The summed E-state index contributed by atoms with van der Waals surface area (Å²) in [7, 11) is 3.27. The van der Waals surface area contributed by atoms with Crippen LogP contribution in [0.3, 0.4) is 0 Å². The Balaban J connectivity index is 2.31. The zero-order chi connectivity index (χ0) is 12.7. The Labute approximate surface area is 106 Å². The van der Waals surface area contributed by atoms with Gasteiger partial charge in [0.25, 0.3) is 0 Å². The summed E-state index contributed by atoms with van der Waals surface area (Å²) < 4.78 is 31.9. The van der Waals surface area contributed by atoms with Gasteiger partial charge in [0, 0.05) is 10.7 Å². The summed E-state index contributed by atoms with van der Waals surface area (Å²) in [5, 5.41) is 0. The van der Waals surface area contributed by atoms with Crippen molar-refractivity contribution in [1.29, 1.82) is 0 Å². The fourth-order valence-electron chi connectivity index (χ4n) is 1.30. The van der Waals surface area contributed by atoms with Crippen LogP contribution in [-0.4, -0.2) is 27.9 Å². The largest absolute Gasteiger partial charge is 0.493 e. The van der Waals surface area contributed by atoms with Gasteiger partial charge in [0.05, 0.1) is 19.5 Å². The van der Waals surface area contributed by atoms with Gasteiger partial charge in [-0.3, -0.25) is 0 Å². The van der Waals surface area contributed by atoms with Crippen molar-refractivity contribution in [3.8, 4) is 11.5 Å². The predicted molar refractivity (Wildman–Crippen MR) is 67.4 cm³/mol. The van der Waals surface area contributed by atoms with Crippen molar-refractivity contribution in [1.82, 2.24) is 0 Å². The molecule has 0 unspecified atom stereocenters. The minimum absolute atomic E-state index is 0.0240. The maximum atomic E-state index is 10.7. The molecule has 0 aliphatic carbocycles. The summed E-state index contributed by atoms with van der Waals surface area (Å²) in [6, 6.07) is 7.31. The molecule has 0 N–H and O–H groups in total. The molecule has 0 fully saturated rings. The van der Waals surface area contributed by atoms with Crippen molar-refractivity contribution >= 4 is 19.7 Å². The summed E-state index contributed by atoms with van der Waals surface area (Å²) in [5.41, 5.74) is 0. The first-order chi connectivity index (χ1) is 8.03. The topological polar surface area (TPSA) is 52.6 Å². The second-order valence-electron chi connectivity index (χ2n) is 3.45. The molecule has 0 amide bonds. The molecule has 0 atom stereocenters. The summed E-state index contributed by atoms with van der Waals surface area (Å²) in [4.78, 5) is 0. The lowest BCUT2D eigenvalue weighted by Crippen LogP contribution is -2.03. The third-order valence-corrected chi connectivity index (χ3v) is 3.35. The van der Waals surface area contributed by atoms with Gasteiger partial charge < -0.3 is 9.47 Å². The fourth-order valence-corrected chi connectivity index (χ4v) is 2.17. The highest BCUT2D eigenvalue weighted by molar-refractivity contribution is 8.13. The summed E-state index contributed by atoms with van der Waals surface area (Å²) >= 11 is 0. The van der Waals surface area contributed by atoms with Crippen LogP contribution in [0, 0.1) is 0 Å². The van der Waals surface area contributed by atoms with Gasteiger partial charge in [-0.15, -0.1) is 0 Å². The van der Waals surface area contributed by atoms with Crippen LogP contribution in [0.25, 0.3) is 0 Å². The number of para-hydroxylation sites is 2. The molecule has 1 rings (SSSR count). The first-order valence-electron chi connectivity index (χ1n) is 5.21. The lowest BCUT2D eigenvalue weighted by atomic mass is 10.3. The van der Waals surface area contributed by atoms with Crippen LogP contribution in [0.1, 0.15) is 12.8 Å². The normalized spacial score (nSPS) is 11.2. The molecular weight excluding hydrogens is 264 g/mol. The number of benzene rings is 1. The molecule has 1 aromatic carbocycles. The highest BCUT2D eigenvalue weighted by Gasteiger charge is 2.05. The zero-order valence-corrected chi connectivity index (χ0v) is 11.1. The highest BCUT2D eigenvalue weighted by atomic mass is 35.7. The van der Waals surface area contributed by atoms with E-state index in [9.17, 15) is 8.42 Å². The number of unbranched alkanes of at least 4 members (excludes halogenated alkanes) is 1. The van der Waals surface area contributed by atoms with E-state index in [1.54, 1.807) is 19.2 Å². The molecule has 0 saturated carbocycles. The Morgan fingerprint density at radius 1 is 1.18 bits per heavy atom. The molecule has 0 radical (unpaired) electrons. The van der Waals surface area contributed by atoms with E-state index in [-0.39, 0.29) is 5.75 Å². The summed E-state index contributed by atoms with van der Waals surface area (Å²) in [6.45, 7) is 0.437. The van der Waals surface area contributed by atoms with Crippen LogP contribution < -0.4 is 9.47 Å². The second-order valence-corrected chi connectivity index (χ2v) is 6.35. The van der Waals surface area contributed by atoms with Crippen LogP contribution in [0.5, 0.6) is 11.5 Å². The van der Waals surface area contributed by atoms with Crippen LogP contribution >= 0.6 is 10.7 Å². The van der Waals surface area contributed by atoms with Crippen molar-refractivity contribution in [2.75, 3.05) is 19.5 Å². The Morgan fingerprint density at radius 2 is 1.82 bits per heavy atom. The van der Waals surface area contributed by atoms with E-state index in [1.165, 1.54) is 0 Å². The quantitative estimate of drug-likeness (QED) is 0.568. The Morgan fingerprint density at radius 3 is 2.41 bits per heavy atom. The molecule has 0 aromatic heterocycles. The van der Waals surface area contributed by atoms with Gasteiger partial charge in [0.1, 0.15) is 0 Å². The molecule has 96 valence electrons. The minimum atomic E-state index is -3.39. The summed E-state index contributed by atoms with van der Waals surface area (Å²) in [5.74, 6) is 1.30. The van der Waals surface area contributed by atoms with Gasteiger partial charge in [-0.2, -0.15) is 0 Å². The van der Waals surface area contributed by atoms with Gasteiger partial charge in [-0.05, 0) is 25.0 Å². The smallest absolute Gasteiger partial charge is 0.232 e. The molecule has 17 heavy (non-hydrogen) atoms. The molecule has 0 spiro atoms. The van der Waals surface area contributed by atoms with E-state index in [0.29, 0.717) is 30.9 Å². The SMILES string of the molecule is COc1ccccc1OCCCCS(=O)(=O)Cl. The highest BCUT2D eigenvalue weighted by Crippen LogP contribution is 2.25. The molecule has 0 saturated heterocycles. The lowest BCUT2D eigenvalue weighted by molar-refractivity contribution is 0.288. The molecule has 0 bridgehead atoms. The van der Waals surface area contributed by atoms with Gasteiger partial charge in [-0.1, -0.05) is 12.1 Å². The number of hydrogen-bond acceptors (Lipinski definition) is 4. The summed E-state index contributed by atoms with van der Waals surface area (Å²) in [6.07, 6.45) is 1.12. The molecule has 4 nitrogen and oxygen atoms in total. The van der Waals surface area contributed by atoms with Crippen molar-refractivity contribution < 1.29 is 17.9 Å². The van der Waals surface area contributed by atoms with Gasteiger partial charge in [0.15, 0.2) is 11.5 Å². The van der Waals surface area contributed by atoms with E-state index in [4.69, 9.17) is 20.2 Å². The van der Waals surface area contributed by atoms with Gasteiger partial charge in [-0.25, -0.2) is 8.42 Å². The molecule has 1 aromatic rings. The van der Waals surface area contributed by atoms with Crippen LogP contribution in [-0.2, 0) is 9.05 Å². The molecular formula is C11H15ClO4S. The van der Waals surface area contributed by atoms with E-state index >= 15 is 0 Å². The zero-order valence-electron chi connectivity index (χ0n) is 9.56. The lowest BCUT2D eigenvalue weighted by Gasteiger charge is -2.09. The molecule has 0 aliphatic heterocycles. The predicted octanol–water partition coefficient (Wildman–Crippen LogP) is 2.42. The van der Waals surface area contributed by atoms with Gasteiger partial charge in [0.2, 0.25) is 9.05 Å². The maximum Gasteiger partial charge on any atom is 0.232 e. The standard InChI is InChI=1S/C11H15ClO4S/c1-15-10-6-2-3-7-11(10)16-8-4-5-9-17(12,13)14/h2-3,6-7H,4-5,8-9H2,1H3. The average molecular weight is 279 g/mol. The second kappa shape index (κ2) is 6.71. The first-order valence-corrected chi connectivity index (χ1v) is 7.69. The molecule has 0 aliphatic rings. The Bertz CT molecular complexity index is 445. The monoisotopic (exact) mass is 278 g/mol. The van der Waals surface area contributed by atoms with Crippen molar-refractivity contribution in [3.05, 3.63) is 24.3 Å². The van der Waals surface area contributed by atoms with Crippen molar-refractivity contribution in [2.45, 2.75) is 12.8 Å². The van der Waals surface area contributed by atoms with Crippen molar-refractivity contribution in [2.24, 2.45) is 0 Å². The number of halogens is 1. The van der Waals surface area contributed by atoms with E-state index in [1.807, 2.05) is 12.1 Å². The maximum absolute atomic E-state index is 10.7. The van der Waals surface area contributed by atoms with E-state index in [0.717, 1.165) is 0 Å². The Kier molecular flexibility index (Phi) is 5.58. The number of ether oxygens (including phenoxy) is 2. The third-order valence-electron chi connectivity index (χ3n) is 2.11.